The molecule has 31 heavy (non-hydrogen) atoms. The molecule has 1 N–H and O–H groups in total. The molecule has 0 unspecified atom stereocenters. The molecule has 160 valence electrons. The van der Waals surface area contributed by atoms with Gasteiger partial charge < -0.3 is 4.90 Å². The first-order chi connectivity index (χ1) is 14.8. The van der Waals surface area contributed by atoms with Gasteiger partial charge in [-0.25, -0.2) is 12.8 Å². The van der Waals surface area contributed by atoms with Crippen LogP contribution in [0.15, 0.2) is 65.6 Å². The fourth-order valence-corrected chi connectivity index (χ4v) is 4.97. The third-order valence-electron chi connectivity index (χ3n) is 5.33. The summed E-state index contributed by atoms with van der Waals surface area (Å²) in [6.07, 6.45) is 1.35. The smallest absolute Gasteiger partial charge is 0.261 e. The van der Waals surface area contributed by atoms with Crippen LogP contribution in [0.3, 0.4) is 0 Å². The van der Waals surface area contributed by atoms with E-state index < -0.39 is 15.8 Å². The largest absolute Gasteiger partial charge is 0.308 e. The monoisotopic (exact) mass is 458 g/mol. The number of benzene rings is 3. The van der Waals surface area contributed by atoms with Crippen LogP contribution in [-0.4, -0.2) is 20.9 Å². The van der Waals surface area contributed by atoms with E-state index in [4.69, 9.17) is 11.6 Å². The van der Waals surface area contributed by atoms with Gasteiger partial charge in [-0.2, -0.15) is 0 Å². The number of aryl methyl sites for hydroxylation is 1. The second-order valence-corrected chi connectivity index (χ2v) is 9.47. The van der Waals surface area contributed by atoms with Crippen molar-refractivity contribution in [2.45, 2.75) is 24.7 Å². The van der Waals surface area contributed by atoms with Crippen molar-refractivity contribution in [1.82, 2.24) is 0 Å². The number of nitrogens with zero attached hydrogens (tertiary/aromatic N) is 1. The van der Waals surface area contributed by atoms with Gasteiger partial charge >= 0.3 is 0 Å². The summed E-state index contributed by atoms with van der Waals surface area (Å²) >= 11 is 6.10. The van der Waals surface area contributed by atoms with E-state index >= 15 is 0 Å². The lowest BCUT2D eigenvalue weighted by Gasteiger charge is -2.30. The van der Waals surface area contributed by atoms with Crippen LogP contribution >= 0.6 is 11.6 Å². The van der Waals surface area contributed by atoms with Crippen LogP contribution in [0.5, 0.6) is 0 Å². The van der Waals surface area contributed by atoms with E-state index in [1.54, 1.807) is 42.2 Å². The Balaban J connectivity index is 1.64. The molecule has 3 aromatic rings. The molecule has 4 rings (SSSR count). The van der Waals surface area contributed by atoms with Gasteiger partial charge in [0.05, 0.1) is 10.6 Å². The molecule has 3 aromatic carbocycles. The fraction of sp³-hybridized carbons (Fsp3) is 0.174. The standard InChI is InChI=1S/C23H20ClFN2O3S/c1-15-20(24)5-2-6-21(15)26-31(29,30)19-11-12-22-17(14-19)4-3-13-27(22)23(28)16-7-9-18(25)10-8-16/h2,5-12,14,26H,3-4,13H2,1H3. The van der Waals surface area contributed by atoms with E-state index in [0.29, 0.717) is 46.9 Å². The fourth-order valence-electron chi connectivity index (χ4n) is 3.62. The zero-order chi connectivity index (χ0) is 22.2. The summed E-state index contributed by atoms with van der Waals surface area (Å²) in [4.78, 5) is 14.6. The summed E-state index contributed by atoms with van der Waals surface area (Å²) in [6, 6.07) is 15.1. The summed E-state index contributed by atoms with van der Waals surface area (Å²) in [6.45, 7) is 2.25. The molecule has 0 aliphatic carbocycles. The Hall–Kier alpha value is -2.90. The number of rotatable bonds is 4. The van der Waals surface area contributed by atoms with E-state index in [1.807, 2.05) is 0 Å². The first-order valence-corrected chi connectivity index (χ1v) is 11.6. The molecular formula is C23H20ClFN2O3S. The molecule has 0 saturated carbocycles. The zero-order valence-electron chi connectivity index (χ0n) is 16.7. The lowest BCUT2D eigenvalue weighted by molar-refractivity contribution is 0.0985. The molecule has 1 aliphatic heterocycles. The van der Waals surface area contributed by atoms with Crippen LogP contribution in [0.25, 0.3) is 0 Å². The molecule has 1 heterocycles. The number of halogens is 2. The average Bonchev–Trinajstić information content (AvgIpc) is 2.76. The van der Waals surface area contributed by atoms with Crippen molar-refractivity contribution < 1.29 is 17.6 Å². The van der Waals surface area contributed by atoms with Crippen molar-refractivity contribution in [2.75, 3.05) is 16.2 Å². The number of carbonyl (C=O) groups is 1. The highest BCUT2D eigenvalue weighted by molar-refractivity contribution is 7.92. The van der Waals surface area contributed by atoms with Crippen LogP contribution < -0.4 is 9.62 Å². The maximum absolute atomic E-state index is 13.2. The highest BCUT2D eigenvalue weighted by Gasteiger charge is 2.26. The Kier molecular flexibility index (Phi) is 5.73. The molecule has 0 atom stereocenters. The first kappa shape index (κ1) is 21.3. The summed E-state index contributed by atoms with van der Waals surface area (Å²) in [5.74, 6) is -0.655. The summed E-state index contributed by atoms with van der Waals surface area (Å²) < 4.78 is 41.7. The second-order valence-electron chi connectivity index (χ2n) is 7.38. The SMILES string of the molecule is Cc1c(Cl)cccc1NS(=O)(=O)c1ccc2c(c1)CCCN2C(=O)c1ccc(F)cc1. The van der Waals surface area contributed by atoms with Crippen LogP contribution in [0.4, 0.5) is 15.8 Å². The Labute approximate surface area is 185 Å². The lowest BCUT2D eigenvalue weighted by atomic mass is 10.0. The van der Waals surface area contributed by atoms with Gasteiger partial charge in [0, 0.05) is 22.8 Å². The molecule has 0 aromatic heterocycles. The molecule has 0 bridgehead atoms. The topological polar surface area (TPSA) is 66.5 Å². The maximum Gasteiger partial charge on any atom is 0.261 e. The minimum Gasteiger partial charge on any atom is -0.308 e. The molecule has 1 aliphatic rings. The van der Waals surface area contributed by atoms with Gasteiger partial charge in [-0.3, -0.25) is 9.52 Å². The number of sulfonamides is 1. The number of anilines is 2. The van der Waals surface area contributed by atoms with E-state index in [1.165, 1.54) is 30.3 Å². The molecule has 0 saturated heterocycles. The van der Waals surface area contributed by atoms with E-state index in [9.17, 15) is 17.6 Å². The van der Waals surface area contributed by atoms with E-state index in [-0.39, 0.29) is 10.8 Å². The number of hydrogen-bond acceptors (Lipinski definition) is 3. The van der Waals surface area contributed by atoms with Gasteiger partial charge in [0.25, 0.3) is 15.9 Å². The van der Waals surface area contributed by atoms with Gasteiger partial charge in [0.2, 0.25) is 0 Å². The zero-order valence-corrected chi connectivity index (χ0v) is 18.3. The lowest BCUT2D eigenvalue weighted by Crippen LogP contribution is -2.35. The Morgan fingerprint density at radius 3 is 2.58 bits per heavy atom. The van der Waals surface area contributed by atoms with Crippen molar-refractivity contribution in [1.29, 1.82) is 0 Å². The van der Waals surface area contributed by atoms with Crippen molar-refractivity contribution in [2.24, 2.45) is 0 Å². The maximum atomic E-state index is 13.2. The minimum absolute atomic E-state index is 0.113. The Morgan fingerprint density at radius 2 is 1.84 bits per heavy atom. The highest BCUT2D eigenvalue weighted by atomic mass is 35.5. The second kappa shape index (κ2) is 8.32. The molecule has 8 heteroatoms. The predicted octanol–water partition coefficient (Wildman–Crippen LogP) is 5.18. The molecular weight excluding hydrogens is 439 g/mol. The van der Waals surface area contributed by atoms with Crippen molar-refractivity contribution >= 4 is 38.9 Å². The van der Waals surface area contributed by atoms with Crippen LogP contribution in [-0.2, 0) is 16.4 Å². The molecule has 0 spiro atoms. The molecule has 0 radical (unpaired) electrons. The van der Waals surface area contributed by atoms with Gasteiger partial charge in [-0.05, 0) is 85.5 Å². The predicted molar refractivity (Wildman–Crippen MR) is 120 cm³/mol. The average molecular weight is 459 g/mol. The quantitative estimate of drug-likeness (QED) is 0.585. The number of amides is 1. The third-order valence-corrected chi connectivity index (χ3v) is 7.10. The summed E-state index contributed by atoms with van der Waals surface area (Å²) in [5, 5.41) is 0.473. The Bertz CT molecular complexity index is 1260. The normalized spacial score (nSPS) is 13.6. The van der Waals surface area contributed by atoms with Crippen LogP contribution in [0, 0.1) is 12.7 Å². The first-order valence-electron chi connectivity index (χ1n) is 9.74. The van der Waals surface area contributed by atoms with Gasteiger partial charge in [-0.15, -0.1) is 0 Å². The van der Waals surface area contributed by atoms with Gasteiger partial charge in [0.1, 0.15) is 5.82 Å². The number of carbonyl (C=O) groups excluding carboxylic acids is 1. The van der Waals surface area contributed by atoms with Crippen molar-refractivity contribution in [3.05, 3.63) is 88.2 Å². The molecule has 0 fully saturated rings. The Morgan fingerprint density at radius 1 is 1.10 bits per heavy atom. The van der Waals surface area contributed by atoms with Crippen LogP contribution in [0.2, 0.25) is 5.02 Å². The summed E-state index contributed by atoms with van der Waals surface area (Å²) in [5.41, 5.74) is 2.87. The highest BCUT2D eigenvalue weighted by Crippen LogP contribution is 2.32. The third kappa shape index (κ3) is 4.29. The van der Waals surface area contributed by atoms with Gasteiger partial charge in [-0.1, -0.05) is 17.7 Å². The number of hydrogen-bond donors (Lipinski definition) is 1. The molecule has 5 nitrogen and oxygen atoms in total. The van der Waals surface area contributed by atoms with E-state index in [0.717, 1.165) is 5.56 Å². The number of nitrogens with one attached hydrogen (secondary N) is 1. The van der Waals surface area contributed by atoms with Gasteiger partial charge in [0.15, 0.2) is 0 Å². The van der Waals surface area contributed by atoms with E-state index in [2.05, 4.69) is 4.72 Å². The minimum atomic E-state index is -3.83. The van der Waals surface area contributed by atoms with Crippen LogP contribution in [0.1, 0.15) is 27.9 Å². The molecule has 1 amide bonds. The summed E-state index contributed by atoms with van der Waals surface area (Å²) in [7, 11) is -3.83. The van der Waals surface area contributed by atoms with Crippen molar-refractivity contribution in [3.8, 4) is 0 Å². The van der Waals surface area contributed by atoms with Crippen molar-refractivity contribution in [3.63, 3.8) is 0 Å². The number of fused-ring (bicyclic) bond motifs is 1.